The fourth-order valence-electron chi connectivity index (χ4n) is 4.48. The van der Waals surface area contributed by atoms with E-state index in [2.05, 4.69) is 25.7 Å². The number of rotatable bonds is 5. The number of carboxylic acids is 1. The van der Waals surface area contributed by atoms with Gasteiger partial charge in [-0.25, -0.2) is 0 Å². The Hall–Kier alpha value is -0.570. The van der Waals surface area contributed by atoms with Gasteiger partial charge in [0.25, 0.3) is 0 Å². The van der Waals surface area contributed by atoms with E-state index in [4.69, 9.17) is 0 Å². The molecule has 21 heavy (non-hydrogen) atoms. The summed E-state index contributed by atoms with van der Waals surface area (Å²) in [6.07, 6.45) is 9.90. The minimum Gasteiger partial charge on any atom is -0.481 e. The molecule has 1 heterocycles. The molecule has 1 N–H and O–H groups in total. The highest BCUT2D eigenvalue weighted by Gasteiger charge is 2.44. The molecule has 0 atom stereocenters. The van der Waals surface area contributed by atoms with Crippen molar-refractivity contribution in [3.63, 3.8) is 0 Å². The molecule has 0 bridgehead atoms. The molecule has 0 amide bonds. The van der Waals surface area contributed by atoms with E-state index in [1.54, 1.807) is 0 Å². The summed E-state index contributed by atoms with van der Waals surface area (Å²) in [7, 11) is 0. The Kier molecular flexibility index (Phi) is 5.34. The highest BCUT2D eigenvalue weighted by Crippen LogP contribution is 2.47. The van der Waals surface area contributed by atoms with Crippen molar-refractivity contribution in [3.8, 4) is 0 Å². The maximum Gasteiger partial charge on any atom is 0.305 e. The molecule has 1 saturated heterocycles. The molecule has 2 fully saturated rings. The summed E-state index contributed by atoms with van der Waals surface area (Å²) in [5, 5.41) is 9.41. The Morgan fingerprint density at radius 2 is 1.76 bits per heavy atom. The first kappa shape index (κ1) is 16.8. The third-order valence-corrected chi connectivity index (χ3v) is 6.44. The largest absolute Gasteiger partial charge is 0.481 e. The average molecular weight is 295 g/mol. The van der Waals surface area contributed by atoms with Crippen LogP contribution in [0.1, 0.15) is 78.6 Å². The molecule has 1 aliphatic carbocycles. The predicted molar refractivity (Wildman–Crippen MR) is 86.4 cm³/mol. The molecule has 0 unspecified atom stereocenters. The van der Waals surface area contributed by atoms with Crippen molar-refractivity contribution >= 4 is 5.97 Å². The Labute approximate surface area is 130 Å². The van der Waals surface area contributed by atoms with Crippen molar-refractivity contribution < 1.29 is 9.90 Å². The summed E-state index contributed by atoms with van der Waals surface area (Å²) in [6, 6.07) is 0. The van der Waals surface area contributed by atoms with E-state index in [0.717, 1.165) is 31.8 Å². The Balaban J connectivity index is 2.07. The van der Waals surface area contributed by atoms with E-state index >= 15 is 0 Å². The zero-order valence-electron chi connectivity index (χ0n) is 14.2. The lowest BCUT2D eigenvalue weighted by Gasteiger charge is -2.51. The van der Waals surface area contributed by atoms with Gasteiger partial charge in [-0.3, -0.25) is 9.69 Å². The monoisotopic (exact) mass is 295 g/mol. The Morgan fingerprint density at radius 3 is 2.24 bits per heavy atom. The number of likely N-dealkylation sites (tertiary alicyclic amines) is 1. The maximum atomic E-state index is 11.4. The molecule has 1 saturated carbocycles. The zero-order chi connectivity index (χ0) is 15.5. The first-order valence-electron chi connectivity index (χ1n) is 8.86. The molecule has 0 aromatic carbocycles. The average Bonchev–Trinajstić information content (AvgIpc) is 2.48. The van der Waals surface area contributed by atoms with Crippen molar-refractivity contribution in [1.29, 1.82) is 0 Å². The van der Waals surface area contributed by atoms with Gasteiger partial charge < -0.3 is 5.11 Å². The molecule has 3 nitrogen and oxygen atoms in total. The number of nitrogens with zero attached hydrogens (tertiary/aromatic N) is 1. The molecule has 122 valence electrons. The molecular weight excluding hydrogens is 262 g/mol. The van der Waals surface area contributed by atoms with Gasteiger partial charge in [-0.2, -0.15) is 0 Å². The summed E-state index contributed by atoms with van der Waals surface area (Å²) >= 11 is 0. The van der Waals surface area contributed by atoms with Crippen molar-refractivity contribution in [2.45, 2.75) is 84.1 Å². The highest BCUT2D eigenvalue weighted by atomic mass is 16.4. The van der Waals surface area contributed by atoms with Gasteiger partial charge in [-0.1, -0.05) is 33.6 Å². The fourth-order valence-corrected chi connectivity index (χ4v) is 4.48. The maximum absolute atomic E-state index is 11.4. The molecule has 0 aromatic rings. The van der Waals surface area contributed by atoms with Crippen molar-refractivity contribution in [2.24, 2.45) is 11.3 Å². The lowest BCUT2D eigenvalue weighted by molar-refractivity contribution is -0.142. The third kappa shape index (κ3) is 3.80. The molecule has 0 aromatic heterocycles. The first-order chi connectivity index (χ1) is 9.89. The van der Waals surface area contributed by atoms with Gasteiger partial charge in [0.05, 0.1) is 6.42 Å². The van der Waals surface area contributed by atoms with Crippen molar-refractivity contribution in [1.82, 2.24) is 4.90 Å². The fraction of sp³-hybridized carbons (Fsp3) is 0.944. The molecule has 2 rings (SSSR count). The van der Waals surface area contributed by atoms with Crippen LogP contribution in [0.5, 0.6) is 0 Å². The van der Waals surface area contributed by atoms with E-state index in [1.165, 1.54) is 38.5 Å². The normalized spacial score (nSPS) is 32.0. The van der Waals surface area contributed by atoms with Crippen LogP contribution in [0, 0.1) is 11.3 Å². The lowest BCUT2D eigenvalue weighted by Crippen LogP contribution is -2.54. The lowest BCUT2D eigenvalue weighted by atomic mass is 9.64. The highest BCUT2D eigenvalue weighted by molar-refractivity contribution is 5.68. The van der Waals surface area contributed by atoms with Crippen LogP contribution < -0.4 is 0 Å². The van der Waals surface area contributed by atoms with Crippen molar-refractivity contribution in [2.75, 3.05) is 13.1 Å². The number of hydrogen-bond donors (Lipinski definition) is 1. The zero-order valence-corrected chi connectivity index (χ0v) is 14.2. The van der Waals surface area contributed by atoms with E-state index in [0.29, 0.717) is 11.8 Å². The number of carboxylic acid groups (broad SMARTS) is 1. The number of piperidine rings is 1. The summed E-state index contributed by atoms with van der Waals surface area (Å²) in [5.74, 6) is 0.142. The van der Waals surface area contributed by atoms with Crippen molar-refractivity contribution in [3.05, 3.63) is 0 Å². The van der Waals surface area contributed by atoms with Gasteiger partial charge in [0.2, 0.25) is 0 Å². The summed E-state index contributed by atoms with van der Waals surface area (Å²) in [6.45, 7) is 9.25. The minimum atomic E-state index is -0.617. The molecule has 2 aliphatic rings. The Bertz CT molecular complexity index is 350. The Morgan fingerprint density at radius 1 is 1.19 bits per heavy atom. The van der Waals surface area contributed by atoms with E-state index < -0.39 is 5.97 Å². The van der Waals surface area contributed by atoms with Crippen LogP contribution in [0.4, 0.5) is 0 Å². The minimum absolute atomic E-state index is 0.0490. The molecule has 0 spiro atoms. The summed E-state index contributed by atoms with van der Waals surface area (Å²) < 4.78 is 0. The van der Waals surface area contributed by atoms with Gasteiger partial charge >= 0.3 is 5.97 Å². The van der Waals surface area contributed by atoms with Gasteiger partial charge in [-0.05, 0) is 62.9 Å². The van der Waals surface area contributed by atoms with E-state index in [-0.39, 0.29) is 5.54 Å². The molecule has 3 heteroatoms. The molecular formula is C18H33NO2. The van der Waals surface area contributed by atoms with Gasteiger partial charge in [0.15, 0.2) is 0 Å². The van der Waals surface area contributed by atoms with Gasteiger partial charge in [0.1, 0.15) is 0 Å². The predicted octanol–water partition coefficient (Wildman–Crippen LogP) is 4.31. The SMILES string of the molecule is CCC(C)(C)C1CCC(CC(=O)O)(N2CCCCC2)CC1. The second-order valence-electron chi connectivity index (χ2n) is 7.96. The first-order valence-corrected chi connectivity index (χ1v) is 8.86. The van der Waals surface area contributed by atoms with E-state index in [9.17, 15) is 9.90 Å². The van der Waals surface area contributed by atoms with Crippen LogP contribution in [0.3, 0.4) is 0 Å². The number of carbonyl (C=O) groups is 1. The van der Waals surface area contributed by atoms with Crippen LogP contribution in [-0.2, 0) is 4.79 Å². The van der Waals surface area contributed by atoms with Gasteiger partial charge in [0, 0.05) is 5.54 Å². The summed E-state index contributed by atoms with van der Waals surface area (Å²) in [5.41, 5.74) is 0.351. The van der Waals surface area contributed by atoms with Gasteiger partial charge in [-0.15, -0.1) is 0 Å². The number of hydrogen-bond acceptors (Lipinski definition) is 2. The smallest absolute Gasteiger partial charge is 0.305 e. The quantitative estimate of drug-likeness (QED) is 0.821. The van der Waals surface area contributed by atoms with Crippen LogP contribution in [0.2, 0.25) is 0 Å². The number of aliphatic carboxylic acids is 1. The van der Waals surface area contributed by atoms with Crippen LogP contribution in [0.15, 0.2) is 0 Å². The van der Waals surface area contributed by atoms with Crippen LogP contribution in [-0.4, -0.2) is 34.6 Å². The molecule has 0 radical (unpaired) electrons. The van der Waals surface area contributed by atoms with Crippen LogP contribution in [0.25, 0.3) is 0 Å². The second kappa shape index (κ2) is 6.68. The van der Waals surface area contributed by atoms with Crippen LogP contribution >= 0.6 is 0 Å². The summed E-state index contributed by atoms with van der Waals surface area (Å²) in [4.78, 5) is 14.0. The van der Waals surface area contributed by atoms with E-state index in [1.807, 2.05) is 0 Å². The standard InChI is InChI=1S/C18H33NO2/c1-4-17(2,3)15-8-10-18(11-9-15,14-16(20)21)19-12-6-5-7-13-19/h15H,4-14H2,1-3H3,(H,20,21). The topological polar surface area (TPSA) is 40.5 Å². The third-order valence-electron chi connectivity index (χ3n) is 6.44. The second-order valence-corrected chi connectivity index (χ2v) is 7.96. The molecule has 1 aliphatic heterocycles.